The molecule has 0 spiro atoms. The maximum atomic E-state index is 13.2. The largest absolute Gasteiger partial charge is 0.349 e. The fourth-order valence-corrected chi connectivity index (χ4v) is 3.75. The fourth-order valence-electron chi connectivity index (χ4n) is 2.70. The number of anilines is 1. The van der Waals surface area contributed by atoms with Crippen molar-refractivity contribution in [2.45, 2.75) is 12.8 Å². The van der Waals surface area contributed by atoms with E-state index in [0.717, 1.165) is 41.3 Å². The molecule has 0 unspecified atom stereocenters. The molecule has 112 valence electrons. The molecule has 2 heterocycles. The van der Waals surface area contributed by atoms with Crippen LogP contribution in [-0.2, 0) is 4.79 Å². The second-order valence-electron chi connectivity index (χ2n) is 5.60. The summed E-state index contributed by atoms with van der Waals surface area (Å²) in [6, 6.07) is 4.68. The highest BCUT2D eigenvalue weighted by atomic mass is 32.1. The monoisotopic (exact) mass is 307 g/mol. The van der Waals surface area contributed by atoms with Gasteiger partial charge in [-0.3, -0.25) is 4.79 Å². The Morgan fingerprint density at radius 3 is 2.76 bits per heavy atom. The first-order valence-electron chi connectivity index (χ1n) is 7.07. The molecule has 1 aromatic carbocycles. The lowest BCUT2D eigenvalue weighted by atomic mass is 9.96. The van der Waals surface area contributed by atoms with Gasteiger partial charge < -0.3 is 9.80 Å². The molecule has 21 heavy (non-hydrogen) atoms. The number of benzene rings is 1. The average molecular weight is 307 g/mol. The second-order valence-corrected chi connectivity index (χ2v) is 6.61. The van der Waals surface area contributed by atoms with Gasteiger partial charge in [0.15, 0.2) is 5.13 Å². The minimum absolute atomic E-state index is 0.114. The van der Waals surface area contributed by atoms with Crippen molar-refractivity contribution in [2.24, 2.45) is 5.92 Å². The third kappa shape index (κ3) is 2.85. The van der Waals surface area contributed by atoms with Crippen LogP contribution in [0.25, 0.3) is 10.2 Å². The Morgan fingerprint density at radius 1 is 1.38 bits per heavy atom. The number of nitrogens with zero attached hydrogens (tertiary/aromatic N) is 3. The molecule has 4 nitrogen and oxygen atoms in total. The van der Waals surface area contributed by atoms with Gasteiger partial charge in [-0.25, -0.2) is 9.37 Å². The molecule has 1 aromatic heterocycles. The van der Waals surface area contributed by atoms with Crippen LogP contribution in [0.5, 0.6) is 0 Å². The zero-order valence-corrected chi connectivity index (χ0v) is 13.0. The maximum absolute atomic E-state index is 13.2. The summed E-state index contributed by atoms with van der Waals surface area (Å²) in [4.78, 5) is 20.4. The first kappa shape index (κ1) is 14.3. The van der Waals surface area contributed by atoms with E-state index in [4.69, 9.17) is 0 Å². The summed E-state index contributed by atoms with van der Waals surface area (Å²) < 4.78 is 14.1. The standard InChI is InChI=1S/C15H18FN3OS/c1-18(2)14(20)10-5-7-19(8-6-10)15-17-12-4-3-11(16)9-13(12)21-15/h3-4,9-10H,5-8H2,1-2H3. The van der Waals surface area contributed by atoms with Gasteiger partial charge >= 0.3 is 0 Å². The van der Waals surface area contributed by atoms with Gasteiger partial charge in [0, 0.05) is 33.1 Å². The summed E-state index contributed by atoms with van der Waals surface area (Å²) in [6.45, 7) is 1.65. The Labute approximate surface area is 127 Å². The smallest absolute Gasteiger partial charge is 0.225 e. The van der Waals surface area contributed by atoms with Crippen molar-refractivity contribution >= 4 is 32.6 Å². The number of piperidine rings is 1. The number of amides is 1. The van der Waals surface area contributed by atoms with E-state index < -0.39 is 0 Å². The van der Waals surface area contributed by atoms with Gasteiger partial charge in [-0.05, 0) is 31.0 Å². The SMILES string of the molecule is CN(C)C(=O)C1CCN(c2nc3ccc(F)cc3s2)CC1. The normalized spacial score (nSPS) is 16.4. The quantitative estimate of drug-likeness (QED) is 0.856. The van der Waals surface area contributed by atoms with E-state index in [1.807, 2.05) is 0 Å². The summed E-state index contributed by atoms with van der Waals surface area (Å²) in [5, 5.41) is 0.923. The zero-order chi connectivity index (χ0) is 15.0. The summed E-state index contributed by atoms with van der Waals surface area (Å²) in [5.41, 5.74) is 0.836. The predicted octanol–water partition coefficient (Wildman–Crippen LogP) is 2.74. The fraction of sp³-hybridized carbons (Fsp3) is 0.467. The van der Waals surface area contributed by atoms with Crippen LogP contribution in [0.15, 0.2) is 18.2 Å². The van der Waals surface area contributed by atoms with E-state index in [0.29, 0.717) is 0 Å². The van der Waals surface area contributed by atoms with Crippen LogP contribution >= 0.6 is 11.3 Å². The highest BCUT2D eigenvalue weighted by Crippen LogP contribution is 2.32. The summed E-state index contributed by atoms with van der Waals surface area (Å²) in [5.74, 6) is 0.0945. The average Bonchev–Trinajstić information content (AvgIpc) is 2.89. The summed E-state index contributed by atoms with van der Waals surface area (Å²) >= 11 is 1.51. The number of rotatable bonds is 2. The van der Waals surface area contributed by atoms with Crippen molar-refractivity contribution in [1.82, 2.24) is 9.88 Å². The van der Waals surface area contributed by atoms with E-state index >= 15 is 0 Å². The molecule has 3 rings (SSSR count). The zero-order valence-electron chi connectivity index (χ0n) is 12.2. The topological polar surface area (TPSA) is 36.4 Å². The second kappa shape index (κ2) is 5.60. The van der Waals surface area contributed by atoms with Crippen LogP contribution in [0, 0.1) is 11.7 Å². The molecule has 0 bridgehead atoms. The number of carbonyl (C=O) groups excluding carboxylic acids is 1. The van der Waals surface area contributed by atoms with Crippen molar-refractivity contribution in [3.05, 3.63) is 24.0 Å². The third-order valence-corrected chi connectivity index (χ3v) is 4.97. The van der Waals surface area contributed by atoms with Crippen molar-refractivity contribution in [3.63, 3.8) is 0 Å². The van der Waals surface area contributed by atoms with Crippen molar-refractivity contribution < 1.29 is 9.18 Å². The van der Waals surface area contributed by atoms with E-state index in [1.54, 1.807) is 25.1 Å². The van der Waals surface area contributed by atoms with Gasteiger partial charge in [0.2, 0.25) is 5.91 Å². The molecule has 0 N–H and O–H groups in total. The Balaban J connectivity index is 1.72. The minimum Gasteiger partial charge on any atom is -0.349 e. The number of aromatic nitrogens is 1. The minimum atomic E-state index is -0.229. The molecule has 0 saturated carbocycles. The van der Waals surface area contributed by atoms with Crippen LogP contribution in [0.1, 0.15) is 12.8 Å². The molecule has 0 atom stereocenters. The molecule has 1 aliphatic rings. The van der Waals surface area contributed by atoms with Crippen LogP contribution in [-0.4, -0.2) is 43.0 Å². The molecular weight excluding hydrogens is 289 g/mol. The highest BCUT2D eigenvalue weighted by molar-refractivity contribution is 7.22. The lowest BCUT2D eigenvalue weighted by Gasteiger charge is -2.32. The molecule has 6 heteroatoms. The van der Waals surface area contributed by atoms with E-state index in [-0.39, 0.29) is 17.6 Å². The van der Waals surface area contributed by atoms with E-state index in [9.17, 15) is 9.18 Å². The number of hydrogen-bond acceptors (Lipinski definition) is 4. The van der Waals surface area contributed by atoms with Gasteiger partial charge in [-0.2, -0.15) is 0 Å². The van der Waals surface area contributed by atoms with Gasteiger partial charge in [0.05, 0.1) is 10.2 Å². The lowest BCUT2D eigenvalue weighted by molar-refractivity contribution is -0.133. The summed E-state index contributed by atoms with van der Waals surface area (Å²) in [7, 11) is 3.60. The number of carbonyl (C=O) groups is 1. The summed E-state index contributed by atoms with van der Waals surface area (Å²) in [6.07, 6.45) is 1.70. The van der Waals surface area contributed by atoms with Crippen LogP contribution in [0.3, 0.4) is 0 Å². The number of thiazole rings is 1. The number of fused-ring (bicyclic) bond motifs is 1. The van der Waals surface area contributed by atoms with Gasteiger partial charge in [0.1, 0.15) is 5.82 Å². The molecule has 1 saturated heterocycles. The van der Waals surface area contributed by atoms with E-state index in [2.05, 4.69) is 9.88 Å². The molecule has 1 amide bonds. The van der Waals surface area contributed by atoms with Crippen molar-refractivity contribution in [1.29, 1.82) is 0 Å². The third-order valence-electron chi connectivity index (χ3n) is 3.89. The Hall–Kier alpha value is -1.69. The van der Waals surface area contributed by atoms with E-state index in [1.165, 1.54) is 23.5 Å². The number of hydrogen-bond donors (Lipinski definition) is 0. The highest BCUT2D eigenvalue weighted by Gasteiger charge is 2.27. The number of halogens is 1. The molecular formula is C15H18FN3OS. The van der Waals surface area contributed by atoms with Gasteiger partial charge in [0.25, 0.3) is 0 Å². The Kier molecular flexibility index (Phi) is 3.80. The molecule has 1 fully saturated rings. The molecule has 1 aliphatic heterocycles. The van der Waals surface area contributed by atoms with Crippen LogP contribution in [0.2, 0.25) is 0 Å². The van der Waals surface area contributed by atoms with Crippen LogP contribution < -0.4 is 4.90 Å². The Morgan fingerprint density at radius 2 is 2.10 bits per heavy atom. The molecule has 0 radical (unpaired) electrons. The Bertz CT molecular complexity index is 662. The van der Waals surface area contributed by atoms with Crippen molar-refractivity contribution in [3.8, 4) is 0 Å². The van der Waals surface area contributed by atoms with Gasteiger partial charge in [-0.1, -0.05) is 11.3 Å². The maximum Gasteiger partial charge on any atom is 0.225 e. The van der Waals surface area contributed by atoms with Crippen molar-refractivity contribution in [2.75, 3.05) is 32.1 Å². The molecule has 2 aromatic rings. The lowest BCUT2D eigenvalue weighted by Crippen LogP contribution is -2.40. The first-order valence-corrected chi connectivity index (χ1v) is 7.88. The molecule has 0 aliphatic carbocycles. The van der Waals surface area contributed by atoms with Crippen LogP contribution in [0.4, 0.5) is 9.52 Å². The first-order chi connectivity index (χ1) is 10.0. The van der Waals surface area contributed by atoms with Gasteiger partial charge in [-0.15, -0.1) is 0 Å². The predicted molar refractivity (Wildman–Crippen MR) is 83.2 cm³/mol.